The first kappa shape index (κ1) is 26.8. The number of hydrogen-bond donors (Lipinski definition) is 4. The molecule has 0 aliphatic heterocycles. The largest absolute Gasteiger partial charge is 0.461 e. The molecule has 0 saturated heterocycles. The summed E-state index contributed by atoms with van der Waals surface area (Å²) in [6, 6.07) is 4.39. The number of rotatable bonds is 11. The number of nitriles is 1. The molecular formula is C23H34N6O6. The molecule has 5 N–H and O–H groups in total. The van der Waals surface area contributed by atoms with E-state index in [0.717, 1.165) is 25.7 Å². The second-order valence-electron chi connectivity index (χ2n) is 8.76. The van der Waals surface area contributed by atoms with Crippen LogP contribution >= 0.6 is 0 Å². The molecule has 0 bridgehead atoms. The van der Waals surface area contributed by atoms with Gasteiger partial charge in [0.1, 0.15) is 42.3 Å². The number of anilines is 1. The molecule has 1 fully saturated rings. The van der Waals surface area contributed by atoms with Crippen LogP contribution in [-0.2, 0) is 19.0 Å². The summed E-state index contributed by atoms with van der Waals surface area (Å²) in [4.78, 5) is 16.3. The quantitative estimate of drug-likeness (QED) is 0.152. The minimum absolute atomic E-state index is 0.0581. The van der Waals surface area contributed by atoms with Crippen LogP contribution in [0, 0.1) is 11.3 Å². The number of carbonyl (C=O) groups excluding carboxylic acids is 1. The van der Waals surface area contributed by atoms with Gasteiger partial charge in [0.15, 0.2) is 5.82 Å². The Kier molecular flexibility index (Phi) is 9.36. The highest BCUT2D eigenvalue weighted by molar-refractivity contribution is 5.75. The fourth-order valence-corrected chi connectivity index (χ4v) is 4.12. The molecule has 3 rings (SSSR count). The number of ether oxygens (including phenoxy) is 3. The second-order valence-corrected chi connectivity index (χ2v) is 8.76. The van der Waals surface area contributed by atoms with Gasteiger partial charge in [-0.2, -0.15) is 10.4 Å². The molecule has 192 valence electrons. The maximum atomic E-state index is 12.4. The zero-order valence-corrected chi connectivity index (χ0v) is 20.1. The summed E-state index contributed by atoms with van der Waals surface area (Å²) in [6.45, 7) is 1.19. The summed E-state index contributed by atoms with van der Waals surface area (Å²) in [7, 11) is 1.24. The molecule has 0 spiro atoms. The van der Waals surface area contributed by atoms with Crippen molar-refractivity contribution in [1.29, 1.82) is 5.26 Å². The number of nitrogens with one attached hydrogen (secondary N) is 1. The van der Waals surface area contributed by atoms with Crippen LogP contribution in [-0.4, -0.2) is 75.1 Å². The Balaban J connectivity index is 1.56. The number of carbonyl (C=O) groups is 1. The van der Waals surface area contributed by atoms with Crippen molar-refractivity contribution >= 4 is 17.3 Å². The molecule has 2 heterocycles. The number of nitrogen functional groups attached to an aromatic ring is 1. The van der Waals surface area contributed by atoms with Gasteiger partial charge in [0.2, 0.25) is 5.60 Å². The van der Waals surface area contributed by atoms with Gasteiger partial charge < -0.3 is 30.2 Å². The smallest absolute Gasteiger partial charge is 0.323 e. The van der Waals surface area contributed by atoms with Crippen LogP contribution in [0.5, 0.6) is 0 Å². The van der Waals surface area contributed by atoms with Crippen molar-refractivity contribution in [3.05, 3.63) is 24.2 Å². The average Bonchev–Trinajstić information content (AvgIpc) is 3.14. The van der Waals surface area contributed by atoms with E-state index >= 15 is 0 Å². The van der Waals surface area contributed by atoms with Crippen LogP contribution in [0.25, 0.3) is 5.52 Å². The lowest BCUT2D eigenvalue weighted by Crippen LogP contribution is -2.51. The first-order valence-electron chi connectivity index (χ1n) is 11.7. The first-order chi connectivity index (χ1) is 16.8. The predicted molar refractivity (Wildman–Crippen MR) is 125 cm³/mol. The molecule has 1 aliphatic carbocycles. The fourth-order valence-electron chi connectivity index (χ4n) is 4.12. The zero-order valence-electron chi connectivity index (χ0n) is 20.1. The van der Waals surface area contributed by atoms with Crippen LogP contribution in [0.4, 0.5) is 5.82 Å². The molecule has 1 saturated carbocycles. The average molecular weight is 491 g/mol. The molecule has 35 heavy (non-hydrogen) atoms. The molecule has 2 aromatic rings. The van der Waals surface area contributed by atoms with Gasteiger partial charge in [-0.05, 0) is 44.7 Å². The maximum absolute atomic E-state index is 12.4. The van der Waals surface area contributed by atoms with Crippen molar-refractivity contribution in [2.24, 2.45) is 0 Å². The van der Waals surface area contributed by atoms with Gasteiger partial charge in [0.25, 0.3) is 0 Å². The van der Waals surface area contributed by atoms with Crippen molar-refractivity contribution in [3.63, 3.8) is 0 Å². The van der Waals surface area contributed by atoms with E-state index < -0.39 is 23.9 Å². The van der Waals surface area contributed by atoms with E-state index in [0.29, 0.717) is 5.52 Å². The Morgan fingerprint density at radius 1 is 1.34 bits per heavy atom. The number of methoxy groups -OCH3 is 1. The van der Waals surface area contributed by atoms with Crippen molar-refractivity contribution in [2.45, 2.75) is 75.4 Å². The van der Waals surface area contributed by atoms with Gasteiger partial charge in [0.05, 0.1) is 19.0 Å². The van der Waals surface area contributed by atoms with Crippen LogP contribution in [0.15, 0.2) is 18.5 Å². The predicted octanol–water partition coefficient (Wildman–Crippen LogP) is 0.833. The normalized spacial score (nSPS) is 19.3. The lowest BCUT2D eigenvalue weighted by atomic mass is 9.93. The van der Waals surface area contributed by atoms with Gasteiger partial charge in [-0.3, -0.25) is 10.1 Å². The Bertz CT molecular complexity index is 1020. The van der Waals surface area contributed by atoms with Gasteiger partial charge in [0, 0.05) is 7.11 Å². The van der Waals surface area contributed by atoms with E-state index in [2.05, 4.69) is 15.4 Å². The third kappa shape index (κ3) is 6.25. The standard InChI is InChI=1S/C23H34N6O6/c1-15(22(32)35-16-7-5-3-4-6-8-16)27-14-34-12-23(11-24,33-2)20(31)19(30)17-9-10-18-21(25)26-13-28-29(17)18/h9-10,13,15-16,19-20,27,30-31H,3-8,12,14H2,1-2H3,(H2,25,26,28)/t15-,19-,20-,23+/m0/s1. The van der Waals surface area contributed by atoms with E-state index in [4.69, 9.17) is 19.9 Å². The molecule has 0 radical (unpaired) electrons. The number of nitrogens with two attached hydrogens (primary N) is 1. The number of aromatic nitrogens is 3. The highest BCUT2D eigenvalue weighted by Crippen LogP contribution is 2.29. The molecule has 12 heteroatoms. The van der Waals surface area contributed by atoms with E-state index in [-0.39, 0.29) is 36.9 Å². The van der Waals surface area contributed by atoms with Crippen LogP contribution in [0.2, 0.25) is 0 Å². The number of nitrogens with zero attached hydrogens (tertiary/aromatic N) is 4. The molecular weight excluding hydrogens is 456 g/mol. The van der Waals surface area contributed by atoms with Gasteiger partial charge in [-0.25, -0.2) is 9.50 Å². The van der Waals surface area contributed by atoms with Crippen molar-refractivity contribution in [3.8, 4) is 6.07 Å². The summed E-state index contributed by atoms with van der Waals surface area (Å²) in [5.41, 5.74) is 4.57. The van der Waals surface area contributed by atoms with E-state index in [9.17, 15) is 20.3 Å². The Labute approximate surface area is 204 Å². The molecule has 12 nitrogen and oxygen atoms in total. The Morgan fingerprint density at radius 2 is 2.06 bits per heavy atom. The van der Waals surface area contributed by atoms with Crippen LogP contribution < -0.4 is 11.1 Å². The zero-order chi connectivity index (χ0) is 25.4. The highest BCUT2D eigenvalue weighted by Gasteiger charge is 2.44. The van der Waals surface area contributed by atoms with Crippen LogP contribution in [0.1, 0.15) is 57.2 Å². The number of aliphatic hydroxyl groups excluding tert-OH is 2. The number of hydrogen-bond acceptors (Lipinski definition) is 11. The van der Waals surface area contributed by atoms with Crippen molar-refractivity contribution < 1.29 is 29.2 Å². The topological polar surface area (TPSA) is 177 Å². The van der Waals surface area contributed by atoms with Crippen LogP contribution in [0.3, 0.4) is 0 Å². The molecule has 0 unspecified atom stereocenters. The van der Waals surface area contributed by atoms with E-state index in [1.165, 1.54) is 36.9 Å². The third-order valence-corrected chi connectivity index (χ3v) is 6.39. The maximum Gasteiger partial charge on any atom is 0.323 e. The monoisotopic (exact) mass is 490 g/mol. The Morgan fingerprint density at radius 3 is 2.71 bits per heavy atom. The highest BCUT2D eigenvalue weighted by atomic mass is 16.6. The summed E-state index contributed by atoms with van der Waals surface area (Å²) in [5, 5.41) is 38.4. The summed E-state index contributed by atoms with van der Waals surface area (Å²) < 4.78 is 17.7. The molecule has 1 aliphatic rings. The summed E-state index contributed by atoms with van der Waals surface area (Å²) in [5.74, 6) is -0.164. The minimum atomic E-state index is -1.89. The molecule has 4 atom stereocenters. The number of fused-ring (bicyclic) bond motifs is 1. The lowest BCUT2D eigenvalue weighted by Gasteiger charge is -2.32. The third-order valence-electron chi connectivity index (χ3n) is 6.39. The van der Waals surface area contributed by atoms with Crippen molar-refractivity contribution in [2.75, 3.05) is 26.2 Å². The van der Waals surface area contributed by atoms with Gasteiger partial charge in [-0.1, -0.05) is 12.8 Å². The summed E-state index contributed by atoms with van der Waals surface area (Å²) >= 11 is 0. The number of aliphatic hydroxyl groups is 2. The van der Waals surface area contributed by atoms with Crippen molar-refractivity contribution in [1.82, 2.24) is 19.9 Å². The van der Waals surface area contributed by atoms with Gasteiger partial charge >= 0.3 is 5.97 Å². The minimum Gasteiger partial charge on any atom is -0.461 e. The number of esters is 1. The lowest BCUT2D eigenvalue weighted by molar-refractivity contribution is -0.155. The summed E-state index contributed by atoms with van der Waals surface area (Å²) in [6.07, 6.45) is 4.13. The molecule has 2 aromatic heterocycles. The van der Waals surface area contributed by atoms with E-state index in [1.807, 2.05) is 6.07 Å². The Hall–Kier alpha value is -2.82. The SMILES string of the molecule is CO[C@](C#N)(COCN[C@@H](C)C(=O)OC1CCCCCC1)[C@@H](O)[C@@H](O)c1ccc2c(N)ncnn12. The first-order valence-corrected chi connectivity index (χ1v) is 11.7. The second kappa shape index (κ2) is 12.2. The molecule has 0 aromatic carbocycles. The van der Waals surface area contributed by atoms with E-state index in [1.54, 1.807) is 13.0 Å². The molecule has 0 amide bonds. The van der Waals surface area contributed by atoms with Gasteiger partial charge in [-0.15, -0.1) is 0 Å². The fraction of sp³-hybridized carbons (Fsp3) is 0.652.